The summed E-state index contributed by atoms with van der Waals surface area (Å²) in [6.45, 7) is 8.61. The highest BCUT2D eigenvalue weighted by molar-refractivity contribution is 5.89. The monoisotopic (exact) mass is 353 g/mol. The van der Waals surface area contributed by atoms with Crippen LogP contribution in [-0.2, 0) is 7.05 Å². The molecule has 2 nitrogen and oxygen atoms in total. The van der Waals surface area contributed by atoms with Crippen molar-refractivity contribution in [1.82, 2.24) is 4.98 Å². The smallest absolute Gasteiger partial charge is 0.221 e. The molecule has 0 radical (unpaired) electrons. The molecule has 0 aliphatic carbocycles. The van der Waals surface area contributed by atoms with Crippen LogP contribution in [0.4, 0.5) is 0 Å². The highest BCUT2D eigenvalue weighted by Crippen LogP contribution is 2.35. The second-order valence-corrected chi connectivity index (χ2v) is 7.47. The van der Waals surface area contributed by atoms with Gasteiger partial charge < -0.3 is 0 Å². The van der Waals surface area contributed by atoms with Gasteiger partial charge in [0.05, 0.1) is 11.1 Å². The van der Waals surface area contributed by atoms with Crippen LogP contribution in [-0.4, -0.2) is 4.98 Å². The lowest BCUT2D eigenvalue weighted by molar-refractivity contribution is -0.633. The molecule has 0 N–H and O–H groups in total. The topological polar surface area (TPSA) is 16.8 Å². The van der Waals surface area contributed by atoms with E-state index in [9.17, 15) is 0 Å². The van der Waals surface area contributed by atoms with Crippen LogP contribution in [0.25, 0.3) is 33.3 Å². The molecule has 0 amide bonds. The Morgan fingerprint density at radius 2 is 1.59 bits per heavy atom. The second kappa shape index (κ2) is 6.62. The van der Waals surface area contributed by atoms with E-state index < -0.39 is 0 Å². The predicted molar refractivity (Wildman–Crippen MR) is 113 cm³/mol. The van der Waals surface area contributed by atoms with Gasteiger partial charge in [-0.05, 0) is 63.1 Å². The number of aryl methyl sites for hydroxylation is 4. The van der Waals surface area contributed by atoms with E-state index in [4.69, 9.17) is 0 Å². The van der Waals surface area contributed by atoms with Crippen LogP contribution < -0.4 is 4.57 Å². The first kappa shape index (κ1) is 17.4. The Labute approximate surface area is 161 Å². The van der Waals surface area contributed by atoms with E-state index >= 15 is 0 Å². The maximum Gasteiger partial charge on any atom is 0.221 e. The van der Waals surface area contributed by atoms with Gasteiger partial charge in [-0.2, -0.15) is 4.57 Å². The van der Waals surface area contributed by atoms with Gasteiger partial charge in [-0.1, -0.05) is 29.8 Å². The van der Waals surface area contributed by atoms with Crippen molar-refractivity contribution in [3.63, 3.8) is 0 Å². The third-order valence-electron chi connectivity index (χ3n) is 5.48. The highest BCUT2D eigenvalue weighted by Gasteiger charge is 2.23. The summed E-state index contributed by atoms with van der Waals surface area (Å²) in [7, 11) is 2.17. The van der Waals surface area contributed by atoms with Crippen molar-refractivity contribution in [2.45, 2.75) is 27.7 Å². The molecule has 0 spiro atoms. The van der Waals surface area contributed by atoms with Gasteiger partial charge in [-0.15, -0.1) is 0 Å². The molecular formula is C25H25N2+. The van der Waals surface area contributed by atoms with E-state index in [0.717, 1.165) is 11.3 Å². The number of rotatable bonds is 2. The van der Waals surface area contributed by atoms with Crippen molar-refractivity contribution in [2.24, 2.45) is 7.05 Å². The van der Waals surface area contributed by atoms with Gasteiger partial charge in [-0.3, -0.25) is 4.98 Å². The van der Waals surface area contributed by atoms with Crippen LogP contribution in [0.1, 0.15) is 22.4 Å². The minimum Gasteiger partial charge on any atom is -0.261 e. The highest BCUT2D eigenvalue weighted by atomic mass is 14.9. The maximum absolute atomic E-state index is 4.55. The van der Waals surface area contributed by atoms with E-state index in [2.05, 4.69) is 92.0 Å². The van der Waals surface area contributed by atoms with Gasteiger partial charge in [-0.25, -0.2) is 0 Å². The Bertz CT molecular complexity index is 1160. The molecule has 0 unspecified atom stereocenters. The molecule has 0 aliphatic heterocycles. The van der Waals surface area contributed by atoms with Crippen LogP contribution in [0.2, 0.25) is 0 Å². The Balaban J connectivity index is 2.14. The van der Waals surface area contributed by atoms with E-state index in [1.165, 1.54) is 44.4 Å². The number of hydrogen-bond donors (Lipinski definition) is 0. The number of benzene rings is 2. The van der Waals surface area contributed by atoms with E-state index in [0.29, 0.717) is 0 Å². The number of hydrogen-bond acceptors (Lipinski definition) is 1. The number of pyridine rings is 2. The summed E-state index contributed by atoms with van der Waals surface area (Å²) in [4.78, 5) is 4.55. The van der Waals surface area contributed by atoms with Crippen molar-refractivity contribution >= 4 is 10.9 Å². The Hall–Kier alpha value is -3.00. The zero-order valence-corrected chi connectivity index (χ0v) is 16.7. The first-order chi connectivity index (χ1) is 13.0. The molecule has 0 atom stereocenters. The summed E-state index contributed by atoms with van der Waals surface area (Å²) >= 11 is 0. The number of aromatic nitrogens is 2. The fraction of sp³-hybridized carbons (Fsp3) is 0.200. The minimum atomic E-state index is 1.04. The third-order valence-corrected chi connectivity index (χ3v) is 5.48. The lowest BCUT2D eigenvalue weighted by Gasteiger charge is -2.14. The fourth-order valence-electron chi connectivity index (χ4n) is 3.90. The van der Waals surface area contributed by atoms with Gasteiger partial charge in [0.15, 0.2) is 0 Å². The molecule has 0 fully saturated rings. The predicted octanol–water partition coefficient (Wildman–Crippen LogP) is 5.63. The molecule has 2 aromatic carbocycles. The van der Waals surface area contributed by atoms with E-state index in [1.807, 2.05) is 13.1 Å². The molecule has 2 heteroatoms. The molecular weight excluding hydrogens is 328 g/mol. The first-order valence-corrected chi connectivity index (χ1v) is 9.38. The van der Waals surface area contributed by atoms with Crippen LogP contribution in [0, 0.1) is 27.7 Å². The standard InChI is InChI=1S/C25H25N2/c1-16-12-17(2)19(4)22(13-16)25-23(21-11-10-18(3)26-15-21)14-20-8-6-7-9-24(20)27(25)5/h6-15H,1-5H3/q+1. The molecule has 27 heavy (non-hydrogen) atoms. The fourth-order valence-corrected chi connectivity index (χ4v) is 3.90. The van der Waals surface area contributed by atoms with Crippen molar-refractivity contribution in [2.75, 3.05) is 0 Å². The van der Waals surface area contributed by atoms with Gasteiger partial charge in [0.25, 0.3) is 0 Å². The van der Waals surface area contributed by atoms with Crippen molar-refractivity contribution in [1.29, 1.82) is 0 Å². The molecule has 2 heterocycles. The number of fused-ring (bicyclic) bond motifs is 1. The van der Waals surface area contributed by atoms with Crippen LogP contribution in [0.5, 0.6) is 0 Å². The quantitative estimate of drug-likeness (QED) is 0.427. The van der Waals surface area contributed by atoms with Crippen molar-refractivity contribution in [3.8, 4) is 22.4 Å². The Morgan fingerprint density at radius 3 is 2.33 bits per heavy atom. The molecule has 0 aliphatic rings. The van der Waals surface area contributed by atoms with Crippen LogP contribution >= 0.6 is 0 Å². The summed E-state index contributed by atoms with van der Waals surface area (Å²) in [6.07, 6.45) is 1.99. The lowest BCUT2D eigenvalue weighted by Crippen LogP contribution is -2.33. The molecule has 0 bridgehead atoms. The summed E-state index contributed by atoms with van der Waals surface area (Å²) < 4.78 is 2.33. The zero-order valence-electron chi connectivity index (χ0n) is 16.7. The van der Waals surface area contributed by atoms with Crippen molar-refractivity contribution < 1.29 is 4.57 Å². The maximum atomic E-state index is 4.55. The third kappa shape index (κ3) is 3.02. The van der Waals surface area contributed by atoms with Gasteiger partial charge in [0, 0.05) is 28.9 Å². The van der Waals surface area contributed by atoms with E-state index in [1.54, 1.807) is 0 Å². The van der Waals surface area contributed by atoms with Crippen LogP contribution in [0.15, 0.2) is 60.8 Å². The van der Waals surface area contributed by atoms with Gasteiger partial charge in [0.2, 0.25) is 11.2 Å². The minimum absolute atomic E-state index is 1.04. The normalized spacial score (nSPS) is 11.1. The molecule has 4 aromatic rings. The lowest BCUT2D eigenvalue weighted by atomic mass is 9.92. The second-order valence-electron chi connectivity index (χ2n) is 7.47. The summed E-state index contributed by atoms with van der Waals surface area (Å²) in [6, 6.07) is 19.7. The number of nitrogens with zero attached hydrogens (tertiary/aromatic N) is 2. The molecule has 4 rings (SSSR count). The van der Waals surface area contributed by atoms with E-state index in [-0.39, 0.29) is 0 Å². The van der Waals surface area contributed by atoms with Gasteiger partial charge >= 0.3 is 0 Å². The number of para-hydroxylation sites is 1. The SMILES string of the molecule is Cc1cc(C)c(C)c(-c2c(-c3ccc(C)nc3)cc3ccccc3[n+]2C)c1. The van der Waals surface area contributed by atoms with Crippen molar-refractivity contribution in [3.05, 3.63) is 83.2 Å². The first-order valence-electron chi connectivity index (χ1n) is 9.38. The molecule has 0 saturated carbocycles. The summed E-state index contributed by atoms with van der Waals surface area (Å²) in [5, 5.41) is 1.24. The average molecular weight is 353 g/mol. The van der Waals surface area contributed by atoms with Gasteiger partial charge in [0.1, 0.15) is 7.05 Å². The zero-order chi connectivity index (χ0) is 19.1. The molecule has 2 aromatic heterocycles. The Kier molecular flexibility index (Phi) is 4.27. The Morgan fingerprint density at radius 1 is 0.815 bits per heavy atom. The molecule has 134 valence electrons. The largest absolute Gasteiger partial charge is 0.261 e. The molecule has 0 saturated heterocycles. The summed E-state index contributed by atoms with van der Waals surface area (Å²) in [5.41, 5.74) is 11.1. The average Bonchev–Trinajstić information content (AvgIpc) is 2.65. The summed E-state index contributed by atoms with van der Waals surface area (Å²) in [5.74, 6) is 0. The van der Waals surface area contributed by atoms with Crippen LogP contribution in [0.3, 0.4) is 0 Å².